The lowest BCUT2D eigenvalue weighted by Gasteiger charge is -2.35. The summed E-state index contributed by atoms with van der Waals surface area (Å²) in [4.78, 5) is 24.8. The standard InChI is InChI=1S/C17H21NO5/c1-10(2)9-18-13-7-12(5-6-15(19)20)8-14(22-4)16(13)23-11(3)17(18)21/h5-8,10-11H,9H2,1-4H3,(H,19,20)/b6-5+. The van der Waals surface area contributed by atoms with Gasteiger partial charge in [0.15, 0.2) is 17.6 Å². The molecule has 0 saturated heterocycles. The van der Waals surface area contributed by atoms with Crippen molar-refractivity contribution >= 4 is 23.6 Å². The van der Waals surface area contributed by atoms with E-state index < -0.39 is 12.1 Å². The minimum Gasteiger partial charge on any atom is -0.493 e. The Hall–Kier alpha value is -2.50. The van der Waals surface area contributed by atoms with Gasteiger partial charge in [-0.2, -0.15) is 0 Å². The number of rotatable bonds is 5. The van der Waals surface area contributed by atoms with E-state index in [1.807, 2.05) is 13.8 Å². The van der Waals surface area contributed by atoms with E-state index in [-0.39, 0.29) is 11.8 Å². The van der Waals surface area contributed by atoms with Gasteiger partial charge in [0, 0.05) is 12.6 Å². The molecule has 1 aliphatic heterocycles. The number of hydrogen-bond donors (Lipinski definition) is 1. The third-order valence-corrected chi connectivity index (χ3v) is 3.44. The van der Waals surface area contributed by atoms with Crippen molar-refractivity contribution in [1.29, 1.82) is 0 Å². The first kappa shape index (κ1) is 16.9. The molecule has 0 spiro atoms. The zero-order valence-electron chi connectivity index (χ0n) is 13.7. The lowest BCUT2D eigenvalue weighted by atomic mass is 10.1. The first-order valence-electron chi connectivity index (χ1n) is 7.44. The van der Waals surface area contributed by atoms with Gasteiger partial charge < -0.3 is 19.5 Å². The summed E-state index contributed by atoms with van der Waals surface area (Å²) in [6.07, 6.45) is 1.92. The Kier molecular flexibility index (Phi) is 4.93. The molecular weight excluding hydrogens is 298 g/mol. The van der Waals surface area contributed by atoms with Crippen molar-refractivity contribution in [1.82, 2.24) is 0 Å². The number of anilines is 1. The highest BCUT2D eigenvalue weighted by Crippen LogP contribution is 2.43. The third-order valence-electron chi connectivity index (χ3n) is 3.44. The Balaban J connectivity index is 2.55. The van der Waals surface area contributed by atoms with Gasteiger partial charge in [0.05, 0.1) is 12.8 Å². The van der Waals surface area contributed by atoms with Gasteiger partial charge in [0.25, 0.3) is 5.91 Å². The molecule has 2 rings (SSSR count). The van der Waals surface area contributed by atoms with Crippen LogP contribution in [0.3, 0.4) is 0 Å². The van der Waals surface area contributed by atoms with Crippen molar-refractivity contribution in [2.24, 2.45) is 5.92 Å². The molecule has 23 heavy (non-hydrogen) atoms. The Morgan fingerprint density at radius 2 is 2.17 bits per heavy atom. The highest BCUT2D eigenvalue weighted by molar-refractivity contribution is 6.01. The van der Waals surface area contributed by atoms with E-state index in [2.05, 4.69) is 0 Å². The van der Waals surface area contributed by atoms with Crippen LogP contribution in [-0.4, -0.2) is 36.7 Å². The number of amides is 1. The highest BCUT2D eigenvalue weighted by Gasteiger charge is 2.34. The molecule has 1 heterocycles. The summed E-state index contributed by atoms with van der Waals surface area (Å²) in [7, 11) is 1.51. The molecule has 0 saturated carbocycles. The van der Waals surface area contributed by atoms with Crippen LogP contribution in [-0.2, 0) is 9.59 Å². The van der Waals surface area contributed by atoms with Crippen LogP contribution in [0.15, 0.2) is 18.2 Å². The fourth-order valence-electron chi connectivity index (χ4n) is 2.46. The number of carbonyl (C=O) groups is 2. The lowest BCUT2D eigenvalue weighted by molar-refractivity contribution is -0.131. The molecule has 124 valence electrons. The third kappa shape index (κ3) is 3.64. The van der Waals surface area contributed by atoms with Crippen molar-refractivity contribution in [2.75, 3.05) is 18.6 Å². The Morgan fingerprint density at radius 1 is 1.48 bits per heavy atom. The van der Waals surface area contributed by atoms with Crippen LogP contribution < -0.4 is 14.4 Å². The van der Waals surface area contributed by atoms with Crippen molar-refractivity contribution in [3.05, 3.63) is 23.8 Å². The van der Waals surface area contributed by atoms with Gasteiger partial charge in [-0.05, 0) is 36.6 Å². The van der Waals surface area contributed by atoms with Crippen molar-refractivity contribution in [3.63, 3.8) is 0 Å². The molecule has 1 atom stereocenters. The number of nitrogens with zero attached hydrogens (tertiary/aromatic N) is 1. The van der Waals surface area contributed by atoms with Gasteiger partial charge in [0.1, 0.15) is 0 Å². The first-order valence-corrected chi connectivity index (χ1v) is 7.44. The topological polar surface area (TPSA) is 76.1 Å². The van der Waals surface area contributed by atoms with E-state index in [9.17, 15) is 9.59 Å². The molecule has 0 fully saturated rings. The van der Waals surface area contributed by atoms with E-state index >= 15 is 0 Å². The number of carboxylic acids is 1. The number of fused-ring (bicyclic) bond motifs is 1. The summed E-state index contributed by atoms with van der Waals surface area (Å²) in [5, 5.41) is 8.78. The molecule has 0 aromatic heterocycles. The normalized spacial score (nSPS) is 17.3. The van der Waals surface area contributed by atoms with Gasteiger partial charge >= 0.3 is 5.97 Å². The molecule has 1 aliphatic rings. The molecular formula is C17H21NO5. The Morgan fingerprint density at radius 3 is 2.74 bits per heavy atom. The number of ether oxygens (including phenoxy) is 2. The van der Waals surface area contributed by atoms with Gasteiger partial charge in [-0.15, -0.1) is 0 Å². The molecule has 0 radical (unpaired) electrons. The van der Waals surface area contributed by atoms with E-state index in [1.165, 1.54) is 13.2 Å². The molecule has 1 unspecified atom stereocenters. The number of aliphatic carboxylic acids is 1. The average molecular weight is 319 g/mol. The SMILES string of the molecule is COc1cc(/C=C/C(=O)O)cc2c1OC(C)C(=O)N2CC(C)C. The summed E-state index contributed by atoms with van der Waals surface area (Å²) >= 11 is 0. The number of benzene rings is 1. The van der Waals surface area contributed by atoms with Crippen LogP contribution in [0.4, 0.5) is 5.69 Å². The zero-order chi connectivity index (χ0) is 17.1. The van der Waals surface area contributed by atoms with Crippen molar-refractivity contribution in [3.8, 4) is 11.5 Å². The van der Waals surface area contributed by atoms with Crippen LogP contribution in [0.2, 0.25) is 0 Å². The molecule has 0 bridgehead atoms. The summed E-state index contributed by atoms with van der Waals surface area (Å²) < 4.78 is 11.1. The maximum Gasteiger partial charge on any atom is 0.328 e. The van der Waals surface area contributed by atoms with Crippen molar-refractivity contribution in [2.45, 2.75) is 26.9 Å². The van der Waals surface area contributed by atoms with Crippen LogP contribution in [0.25, 0.3) is 6.08 Å². The van der Waals surface area contributed by atoms with E-state index in [0.717, 1.165) is 6.08 Å². The first-order chi connectivity index (χ1) is 10.8. The maximum absolute atomic E-state index is 12.4. The van der Waals surface area contributed by atoms with Gasteiger partial charge in [0.2, 0.25) is 0 Å². The Bertz CT molecular complexity index is 651. The second kappa shape index (κ2) is 6.73. The molecule has 6 heteroatoms. The highest BCUT2D eigenvalue weighted by atomic mass is 16.5. The molecule has 1 aromatic rings. The summed E-state index contributed by atoms with van der Waals surface area (Å²) in [6, 6.07) is 3.43. The van der Waals surface area contributed by atoms with E-state index in [4.69, 9.17) is 14.6 Å². The fraction of sp³-hybridized carbons (Fsp3) is 0.412. The van der Waals surface area contributed by atoms with Crippen LogP contribution >= 0.6 is 0 Å². The monoisotopic (exact) mass is 319 g/mol. The number of hydrogen-bond acceptors (Lipinski definition) is 4. The summed E-state index contributed by atoms with van der Waals surface area (Å²) in [6.45, 7) is 6.31. The predicted octanol–water partition coefficient (Wildman–Crippen LogP) is 2.56. The van der Waals surface area contributed by atoms with Gasteiger partial charge in [-0.3, -0.25) is 4.79 Å². The van der Waals surface area contributed by atoms with Crippen molar-refractivity contribution < 1.29 is 24.2 Å². The Labute approximate surface area is 135 Å². The second-order valence-electron chi connectivity index (χ2n) is 5.85. The fourth-order valence-corrected chi connectivity index (χ4v) is 2.46. The van der Waals surface area contributed by atoms with Gasteiger partial charge in [-0.25, -0.2) is 4.79 Å². The molecule has 1 amide bonds. The molecule has 1 N–H and O–H groups in total. The molecule has 1 aromatic carbocycles. The predicted molar refractivity (Wildman–Crippen MR) is 86.9 cm³/mol. The summed E-state index contributed by atoms with van der Waals surface area (Å²) in [5.41, 5.74) is 1.23. The van der Waals surface area contributed by atoms with Crippen LogP contribution in [0.5, 0.6) is 11.5 Å². The number of carbonyl (C=O) groups excluding carboxylic acids is 1. The largest absolute Gasteiger partial charge is 0.493 e. The maximum atomic E-state index is 12.4. The van der Waals surface area contributed by atoms with E-state index in [0.29, 0.717) is 29.3 Å². The van der Waals surface area contributed by atoms with Crippen LogP contribution in [0.1, 0.15) is 26.3 Å². The van der Waals surface area contributed by atoms with Gasteiger partial charge in [-0.1, -0.05) is 13.8 Å². The second-order valence-corrected chi connectivity index (χ2v) is 5.85. The smallest absolute Gasteiger partial charge is 0.328 e. The zero-order valence-corrected chi connectivity index (χ0v) is 13.7. The summed E-state index contributed by atoms with van der Waals surface area (Å²) in [5.74, 6) is 0.101. The quantitative estimate of drug-likeness (QED) is 0.844. The average Bonchev–Trinajstić information content (AvgIpc) is 2.49. The molecule has 6 nitrogen and oxygen atoms in total. The minimum absolute atomic E-state index is 0.118. The molecule has 0 aliphatic carbocycles. The number of carboxylic acid groups (broad SMARTS) is 1. The lowest BCUT2D eigenvalue weighted by Crippen LogP contribution is -2.46. The number of methoxy groups -OCH3 is 1. The minimum atomic E-state index is -1.04. The van der Waals surface area contributed by atoms with E-state index in [1.54, 1.807) is 24.0 Å². The van der Waals surface area contributed by atoms with Crippen LogP contribution in [0, 0.1) is 5.92 Å².